The van der Waals surface area contributed by atoms with Gasteiger partial charge in [0.1, 0.15) is 5.82 Å². The lowest BCUT2D eigenvalue weighted by molar-refractivity contribution is 0.650. The van der Waals surface area contributed by atoms with Gasteiger partial charge < -0.3 is 10.6 Å². The molecule has 15 heavy (non-hydrogen) atoms. The molecule has 3 heteroatoms. The van der Waals surface area contributed by atoms with Gasteiger partial charge in [0.25, 0.3) is 0 Å². The van der Waals surface area contributed by atoms with Crippen LogP contribution in [0.4, 0.5) is 5.82 Å². The van der Waals surface area contributed by atoms with E-state index in [1.807, 2.05) is 19.3 Å². The molecule has 1 rings (SSSR count). The van der Waals surface area contributed by atoms with Gasteiger partial charge in [-0.2, -0.15) is 0 Å². The Kier molecular flexibility index (Phi) is 4.56. The highest BCUT2D eigenvalue weighted by Crippen LogP contribution is 2.14. The Bertz CT molecular complexity index is 297. The predicted octanol–water partition coefficient (Wildman–Crippen LogP) is 2.43. The number of aromatic nitrogens is 1. The van der Waals surface area contributed by atoms with Gasteiger partial charge in [0.15, 0.2) is 0 Å². The van der Waals surface area contributed by atoms with E-state index in [4.69, 9.17) is 0 Å². The third kappa shape index (κ3) is 3.88. The molecule has 0 fully saturated rings. The van der Waals surface area contributed by atoms with E-state index in [9.17, 15) is 0 Å². The summed E-state index contributed by atoms with van der Waals surface area (Å²) >= 11 is 0. The molecule has 0 bridgehead atoms. The van der Waals surface area contributed by atoms with Crippen molar-refractivity contribution in [1.29, 1.82) is 0 Å². The molecule has 0 amide bonds. The van der Waals surface area contributed by atoms with Crippen LogP contribution >= 0.6 is 0 Å². The van der Waals surface area contributed by atoms with Crippen LogP contribution in [0.5, 0.6) is 0 Å². The van der Waals surface area contributed by atoms with Crippen LogP contribution in [-0.2, 0) is 0 Å². The van der Waals surface area contributed by atoms with Gasteiger partial charge in [-0.1, -0.05) is 13.8 Å². The van der Waals surface area contributed by atoms with Crippen molar-refractivity contribution in [3.63, 3.8) is 0 Å². The van der Waals surface area contributed by atoms with Crippen molar-refractivity contribution in [3.05, 3.63) is 23.9 Å². The van der Waals surface area contributed by atoms with Crippen LogP contribution in [0.3, 0.4) is 0 Å². The lowest BCUT2D eigenvalue weighted by Crippen LogP contribution is -2.14. The summed E-state index contributed by atoms with van der Waals surface area (Å²) < 4.78 is 0. The van der Waals surface area contributed by atoms with Crippen LogP contribution < -0.4 is 10.6 Å². The molecule has 1 aromatic heterocycles. The Labute approximate surface area is 92.3 Å². The maximum Gasteiger partial charge on any atom is 0.126 e. The van der Waals surface area contributed by atoms with Crippen LogP contribution in [0.25, 0.3) is 0 Å². The predicted molar refractivity (Wildman–Crippen MR) is 65.0 cm³/mol. The maximum atomic E-state index is 4.29. The average Bonchev–Trinajstić information content (AvgIpc) is 2.25. The van der Waals surface area contributed by atoms with Gasteiger partial charge in [-0.15, -0.1) is 0 Å². The second-order valence-corrected chi connectivity index (χ2v) is 4.26. The third-order valence-corrected chi connectivity index (χ3v) is 2.41. The van der Waals surface area contributed by atoms with Crippen molar-refractivity contribution >= 4 is 5.82 Å². The summed E-state index contributed by atoms with van der Waals surface area (Å²) in [6, 6.07) is 4.51. The summed E-state index contributed by atoms with van der Waals surface area (Å²) in [7, 11) is 1.96. The smallest absolute Gasteiger partial charge is 0.126 e. The molecule has 0 aliphatic heterocycles. The van der Waals surface area contributed by atoms with Gasteiger partial charge in [-0.25, -0.2) is 4.98 Å². The quantitative estimate of drug-likeness (QED) is 0.778. The van der Waals surface area contributed by atoms with Crippen molar-refractivity contribution in [2.75, 3.05) is 18.9 Å². The first kappa shape index (κ1) is 12.0. The Morgan fingerprint density at radius 1 is 1.33 bits per heavy atom. The molecule has 1 aromatic rings. The first-order valence-corrected chi connectivity index (χ1v) is 5.50. The van der Waals surface area contributed by atoms with Crippen molar-refractivity contribution in [2.24, 2.45) is 5.92 Å². The summed E-state index contributed by atoms with van der Waals surface area (Å²) in [5.41, 5.74) is 1.26. The van der Waals surface area contributed by atoms with E-state index in [1.54, 1.807) is 0 Å². The highest BCUT2D eigenvalue weighted by atomic mass is 15.0. The van der Waals surface area contributed by atoms with E-state index < -0.39 is 0 Å². The molecule has 0 aliphatic carbocycles. The summed E-state index contributed by atoms with van der Waals surface area (Å²) in [4.78, 5) is 4.29. The van der Waals surface area contributed by atoms with Crippen molar-refractivity contribution in [1.82, 2.24) is 10.3 Å². The minimum atomic E-state index is 0.368. The highest BCUT2D eigenvalue weighted by molar-refractivity contribution is 5.38. The second-order valence-electron chi connectivity index (χ2n) is 4.26. The fourth-order valence-electron chi connectivity index (χ4n) is 1.29. The number of pyridine rings is 1. The van der Waals surface area contributed by atoms with Crippen LogP contribution in [0.2, 0.25) is 0 Å². The van der Waals surface area contributed by atoms with E-state index in [1.165, 1.54) is 5.56 Å². The van der Waals surface area contributed by atoms with Gasteiger partial charge in [0.05, 0.1) is 0 Å². The average molecular weight is 207 g/mol. The number of nitrogens with zero attached hydrogens (tertiary/aromatic N) is 1. The van der Waals surface area contributed by atoms with E-state index >= 15 is 0 Å². The fourth-order valence-corrected chi connectivity index (χ4v) is 1.29. The van der Waals surface area contributed by atoms with Crippen molar-refractivity contribution in [2.45, 2.75) is 26.8 Å². The largest absolute Gasteiger partial charge is 0.370 e. The normalized spacial score (nSPS) is 12.9. The van der Waals surface area contributed by atoms with E-state index in [0.717, 1.165) is 12.4 Å². The molecule has 0 radical (unpaired) electrons. The molecule has 3 nitrogen and oxygen atoms in total. The molecule has 0 saturated carbocycles. The summed E-state index contributed by atoms with van der Waals surface area (Å²) in [5.74, 6) is 1.60. The lowest BCUT2D eigenvalue weighted by Gasteiger charge is -2.13. The zero-order chi connectivity index (χ0) is 11.3. The number of hydrogen-bond acceptors (Lipinski definition) is 3. The fraction of sp³-hybridized carbons (Fsp3) is 0.583. The standard InChI is InChI=1S/C12H21N3/c1-9(2)8-15-12-7-11(5-6-14-12)10(3)13-4/h5-7,9-10,13H,8H2,1-4H3,(H,14,15). The van der Waals surface area contributed by atoms with Crippen LogP contribution in [0.1, 0.15) is 32.4 Å². The number of nitrogens with one attached hydrogen (secondary N) is 2. The van der Waals surface area contributed by atoms with E-state index in [-0.39, 0.29) is 0 Å². The topological polar surface area (TPSA) is 37.0 Å². The van der Waals surface area contributed by atoms with Gasteiger partial charge in [0, 0.05) is 18.8 Å². The minimum Gasteiger partial charge on any atom is -0.370 e. The van der Waals surface area contributed by atoms with Crippen molar-refractivity contribution < 1.29 is 0 Å². The molecule has 1 atom stereocenters. The first-order chi connectivity index (χ1) is 7.13. The van der Waals surface area contributed by atoms with Gasteiger partial charge >= 0.3 is 0 Å². The molecule has 0 aromatic carbocycles. The second kappa shape index (κ2) is 5.71. The number of anilines is 1. The molecular formula is C12H21N3. The van der Waals surface area contributed by atoms with E-state index in [2.05, 4.69) is 42.5 Å². The van der Waals surface area contributed by atoms with Crippen molar-refractivity contribution in [3.8, 4) is 0 Å². The molecule has 0 spiro atoms. The van der Waals surface area contributed by atoms with Crippen LogP contribution in [-0.4, -0.2) is 18.6 Å². The summed E-state index contributed by atoms with van der Waals surface area (Å²) in [6.45, 7) is 7.48. The maximum absolute atomic E-state index is 4.29. The van der Waals surface area contributed by atoms with E-state index in [0.29, 0.717) is 12.0 Å². The monoisotopic (exact) mass is 207 g/mol. The Balaban J connectivity index is 2.65. The number of hydrogen-bond donors (Lipinski definition) is 2. The minimum absolute atomic E-state index is 0.368. The zero-order valence-corrected chi connectivity index (χ0v) is 10.0. The molecule has 1 unspecified atom stereocenters. The molecular weight excluding hydrogens is 186 g/mol. The SMILES string of the molecule is CNC(C)c1ccnc(NCC(C)C)c1. The van der Waals surface area contributed by atoms with Crippen LogP contribution in [0.15, 0.2) is 18.3 Å². The third-order valence-electron chi connectivity index (χ3n) is 2.41. The van der Waals surface area contributed by atoms with Gasteiger partial charge in [-0.3, -0.25) is 0 Å². The van der Waals surface area contributed by atoms with Gasteiger partial charge in [0.2, 0.25) is 0 Å². The Hall–Kier alpha value is -1.09. The summed E-state index contributed by atoms with van der Waals surface area (Å²) in [5, 5.41) is 6.54. The Morgan fingerprint density at radius 2 is 2.07 bits per heavy atom. The highest BCUT2D eigenvalue weighted by Gasteiger charge is 2.03. The first-order valence-electron chi connectivity index (χ1n) is 5.50. The molecule has 0 aliphatic rings. The Morgan fingerprint density at radius 3 is 2.67 bits per heavy atom. The number of rotatable bonds is 5. The summed E-state index contributed by atoms with van der Waals surface area (Å²) in [6.07, 6.45) is 1.85. The molecule has 0 saturated heterocycles. The van der Waals surface area contributed by atoms with Gasteiger partial charge in [-0.05, 0) is 37.6 Å². The molecule has 2 N–H and O–H groups in total. The zero-order valence-electron chi connectivity index (χ0n) is 10.0. The lowest BCUT2D eigenvalue weighted by atomic mass is 10.1. The van der Waals surface area contributed by atoms with Crippen LogP contribution in [0, 0.1) is 5.92 Å². The molecule has 84 valence electrons. The molecule has 1 heterocycles.